The zero-order valence-electron chi connectivity index (χ0n) is 11.0. The van der Waals surface area contributed by atoms with Gasteiger partial charge in [-0.25, -0.2) is 9.97 Å². The summed E-state index contributed by atoms with van der Waals surface area (Å²) in [5.41, 5.74) is 6.40. The predicted molar refractivity (Wildman–Crippen MR) is 79.3 cm³/mol. The summed E-state index contributed by atoms with van der Waals surface area (Å²) in [6.07, 6.45) is 7.30. The molecule has 2 aliphatic rings. The lowest BCUT2D eigenvalue weighted by atomic mass is 9.99. The smallest absolute Gasteiger partial charge is 0.157 e. The Hall–Kier alpha value is -1.27. The Morgan fingerprint density at radius 3 is 2.89 bits per heavy atom. The van der Waals surface area contributed by atoms with E-state index < -0.39 is 0 Å². The van der Waals surface area contributed by atoms with Crippen LogP contribution in [0.15, 0.2) is 12.4 Å². The number of nitrogens with zero attached hydrogens (tertiary/aromatic N) is 4. The molecule has 3 rings (SSSR count). The molecule has 1 aromatic rings. The van der Waals surface area contributed by atoms with Gasteiger partial charge in [0.05, 0.1) is 0 Å². The summed E-state index contributed by atoms with van der Waals surface area (Å²) in [5.74, 6) is 0.847. The van der Waals surface area contributed by atoms with Gasteiger partial charge in [0.1, 0.15) is 10.7 Å². The highest BCUT2D eigenvalue weighted by Gasteiger charge is 2.30. The number of anilines is 1. The van der Waals surface area contributed by atoms with Crippen LogP contribution in [0.25, 0.3) is 0 Å². The second-order valence-corrected chi connectivity index (χ2v) is 5.66. The SMILES string of the molecule is NC(=S)c1nccnc1N1CCN2CCCCC2C1. The van der Waals surface area contributed by atoms with E-state index in [4.69, 9.17) is 18.0 Å². The van der Waals surface area contributed by atoms with Gasteiger partial charge in [-0.2, -0.15) is 0 Å². The van der Waals surface area contributed by atoms with E-state index in [1.807, 2.05) is 0 Å². The van der Waals surface area contributed by atoms with E-state index in [1.54, 1.807) is 12.4 Å². The Bertz CT molecular complexity index is 478. The van der Waals surface area contributed by atoms with E-state index in [2.05, 4.69) is 19.8 Å². The summed E-state index contributed by atoms with van der Waals surface area (Å²) in [6.45, 7) is 4.32. The van der Waals surface area contributed by atoms with Crippen molar-refractivity contribution in [3.05, 3.63) is 18.1 Å². The largest absolute Gasteiger partial charge is 0.388 e. The third-order valence-corrected chi connectivity index (χ3v) is 4.24. The van der Waals surface area contributed by atoms with Crippen molar-refractivity contribution in [3.8, 4) is 0 Å². The average Bonchev–Trinajstić information content (AvgIpc) is 2.46. The van der Waals surface area contributed by atoms with E-state index in [-0.39, 0.29) is 0 Å². The molecule has 0 radical (unpaired) electrons. The van der Waals surface area contributed by atoms with Crippen LogP contribution >= 0.6 is 12.2 Å². The molecule has 0 bridgehead atoms. The van der Waals surface area contributed by atoms with Crippen molar-refractivity contribution in [1.82, 2.24) is 14.9 Å². The number of piperidine rings is 1. The first kappa shape index (κ1) is 12.7. The van der Waals surface area contributed by atoms with Gasteiger partial charge in [0.25, 0.3) is 0 Å². The fraction of sp³-hybridized carbons (Fsp3) is 0.615. The number of thiocarbonyl (C=S) groups is 1. The van der Waals surface area contributed by atoms with Gasteiger partial charge in [0.2, 0.25) is 0 Å². The first-order valence-corrected chi connectivity index (χ1v) is 7.26. The molecule has 1 atom stereocenters. The molecule has 5 nitrogen and oxygen atoms in total. The predicted octanol–water partition coefficient (Wildman–Crippen LogP) is 0.785. The van der Waals surface area contributed by atoms with Gasteiger partial charge < -0.3 is 10.6 Å². The Morgan fingerprint density at radius 2 is 2.05 bits per heavy atom. The molecule has 2 saturated heterocycles. The minimum Gasteiger partial charge on any atom is -0.388 e. The Kier molecular flexibility index (Phi) is 3.61. The quantitative estimate of drug-likeness (QED) is 0.807. The number of piperazine rings is 1. The van der Waals surface area contributed by atoms with Crippen LogP contribution in [-0.4, -0.2) is 52.1 Å². The van der Waals surface area contributed by atoms with Gasteiger partial charge in [0, 0.05) is 38.1 Å². The maximum atomic E-state index is 5.74. The lowest BCUT2D eigenvalue weighted by Gasteiger charge is -2.44. The zero-order chi connectivity index (χ0) is 13.2. The molecule has 0 amide bonds. The van der Waals surface area contributed by atoms with Gasteiger partial charge >= 0.3 is 0 Å². The van der Waals surface area contributed by atoms with Crippen LogP contribution in [-0.2, 0) is 0 Å². The lowest BCUT2D eigenvalue weighted by Crippen LogP contribution is -2.55. The van der Waals surface area contributed by atoms with Crippen LogP contribution in [0.3, 0.4) is 0 Å². The fourth-order valence-corrected chi connectivity index (χ4v) is 3.23. The first-order valence-electron chi connectivity index (χ1n) is 6.85. The fourth-order valence-electron chi connectivity index (χ4n) is 3.08. The molecule has 0 spiro atoms. The van der Waals surface area contributed by atoms with Gasteiger partial charge in [-0.15, -0.1) is 0 Å². The monoisotopic (exact) mass is 277 g/mol. The molecule has 102 valence electrons. The molecule has 2 fully saturated rings. The van der Waals surface area contributed by atoms with Crippen LogP contribution in [0.5, 0.6) is 0 Å². The van der Waals surface area contributed by atoms with Crippen molar-refractivity contribution in [2.24, 2.45) is 5.73 Å². The van der Waals surface area contributed by atoms with Gasteiger partial charge in [0.15, 0.2) is 5.82 Å². The maximum Gasteiger partial charge on any atom is 0.157 e. The highest BCUT2D eigenvalue weighted by molar-refractivity contribution is 7.80. The second-order valence-electron chi connectivity index (χ2n) is 5.22. The van der Waals surface area contributed by atoms with Crippen molar-refractivity contribution < 1.29 is 0 Å². The second kappa shape index (κ2) is 5.38. The highest BCUT2D eigenvalue weighted by Crippen LogP contribution is 2.25. The van der Waals surface area contributed by atoms with Crippen molar-refractivity contribution in [3.63, 3.8) is 0 Å². The molecule has 1 unspecified atom stereocenters. The minimum atomic E-state index is 0.328. The van der Waals surface area contributed by atoms with Crippen molar-refractivity contribution in [2.75, 3.05) is 31.1 Å². The molecule has 1 aromatic heterocycles. The number of hydrogen-bond donors (Lipinski definition) is 1. The first-order chi connectivity index (χ1) is 9.25. The summed E-state index contributed by atoms with van der Waals surface area (Å²) < 4.78 is 0. The van der Waals surface area contributed by atoms with E-state index >= 15 is 0 Å². The van der Waals surface area contributed by atoms with E-state index in [0.29, 0.717) is 16.7 Å². The normalized spacial score (nSPS) is 24.0. The lowest BCUT2D eigenvalue weighted by molar-refractivity contribution is 0.133. The molecule has 6 heteroatoms. The molecule has 0 aliphatic carbocycles. The zero-order valence-corrected chi connectivity index (χ0v) is 11.8. The summed E-state index contributed by atoms with van der Waals surface area (Å²) in [7, 11) is 0. The van der Waals surface area contributed by atoms with Crippen LogP contribution in [0.1, 0.15) is 25.0 Å². The number of rotatable bonds is 2. The molecular formula is C13H19N5S. The molecule has 2 aliphatic heterocycles. The average molecular weight is 277 g/mol. The molecule has 0 saturated carbocycles. The van der Waals surface area contributed by atoms with E-state index in [1.165, 1.54) is 25.8 Å². The van der Waals surface area contributed by atoms with Gasteiger partial charge in [-0.05, 0) is 19.4 Å². The number of hydrogen-bond acceptors (Lipinski definition) is 5. The summed E-state index contributed by atoms with van der Waals surface area (Å²) in [4.78, 5) is 13.9. The standard InChI is InChI=1S/C13H19N5S/c14-12(19)11-13(16-5-4-15-11)18-8-7-17-6-2-1-3-10(17)9-18/h4-5,10H,1-3,6-9H2,(H2,14,19). The maximum absolute atomic E-state index is 5.74. The van der Waals surface area contributed by atoms with Crippen LogP contribution < -0.4 is 10.6 Å². The van der Waals surface area contributed by atoms with Crippen molar-refractivity contribution >= 4 is 23.0 Å². The molecule has 2 N–H and O–H groups in total. The van der Waals surface area contributed by atoms with Crippen molar-refractivity contribution in [2.45, 2.75) is 25.3 Å². The summed E-state index contributed by atoms with van der Waals surface area (Å²) in [5, 5.41) is 0. The Morgan fingerprint density at radius 1 is 1.21 bits per heavy atom. The number of fused-ring (bicyclic) bond motifs is 1. The van der Waals surface area contributed by atoms with Crippen LogP contribution in [0, 0.1) is 0 Å². The number of aromatic nitrogens is 2. The van der Waals surface area contributed by atoms with E-state index in [9.17, 15) is 0 Å². The number of nitrogens with two attached hydrogens (primary N) is 1. The molecule has 3 heterocycles. The van der Waals surface area contributed by atoms with Gasteiger partial charge in [-0.1, -0.05) is 18.6 Å². The highest BCUT2D eigenvalue weighted by atomic mass is 32.1. The van der Waals surface area contributed by atoms with Crippen molar-refractivity contribution in [1.29, 1.82) is 0 Å². The summed E-state index contributed by atoms with van der Waals surface area (Å²) >= 11 is 5.07. The third-order valence-electron chi connectivity index (χ3n) is 4.05. The Labute approximate surface area is 118 Å². The van der Waals surface area contributed by atoms with Gasteiger partial charge in [-0.3, -0.25) is 4.90 Å². The molecule has 0 aromatic carbocycles. The van der Waals surface area contributed by atoms with Crippen LogP contribution in [0.4, 0.5) is 5.82 Å². The topological polar surface area (TPSA) is 58.3 Å². The minimum absolute atomic E-state index is 0.328. The van der Waals surface area contributed by atoms with E-state index in [0.717, 1.165) is 25.5 Å². The molecular weight excluding hydrogens is 258 g/mol. The summed E-state index contributed by atoms with van der Waals surface area (Å²) in [6, 6.07) is 0.642. The Balaban J connectivity index is 1.81. The molecule has 19 heavy (non-hydrogen) atoms. The van der Waals surface area contributed by atoms with Crippen LogP contribution in [0.2, 0.25) is 0 Å². The third kappa shape index (κ3) is 2.55.